The number of rotatable bonds is 8. The van der Waals surface area contributed by atoms with Gasteiger partial charge in [-0.25, -0.2) is 4.98 Å². The van der Waals surface area contributed by atoms with Gasteiger partial charge in [-0.05, 0) is 62.1 Å². The van der Waals surface area contributed by atoms with E-state index in [9.17, 15) is 4.79 Å². The van der Waals surface area contributed by atoms with Crippen molar-refractivity contribution in [1.82, 2.24) is 20.1 Å². The second kappa shape index (κ2) is 11.2. The van der Waals surface area contributed by atoms with Crippen molar-refractivity contribution < 1.29 is 4.79 Å². The maximum absolute atomic E-state index is 13.4. The largest absolute Gasteiger partial charge is 0.309 e. The lowest BCUT2D eigenvalue weighted by Crippen LogP contribution is -2.35. The highest BCUT2D eigenvalue weighted by atomic mass is 16.2. The Morgan fingerprint density at radius 1 is 0.973 bits per heavy atom. The fraction of sp³-hybridized carbons (Fsp3) is 0.267. The molecule has 4 rings (SSSR count). The molecule has 188 valence electrons. The van der Waals surface area contributed by atoms with Crippen LogP contribution in [0.2, 0.25) is 0 Å². The summed E-state index contributed by atoms with van der Waals surface area (Å²) in [6.45, 7) is 8.98. The Morgan fingerprint density at radius 2 is 1.70 bits per heavy atom. The van der Waals surface area contributed by atoms with Gasteiger partial charge in [0.1, 0.15) is 11.9 Å². The number of nitriles is 1. The van der Waals surface area contributed by atoms with Crippen LogP contribution >= 0.6 is 0 Å². The predicted molar refractivity (Wildman–Crippen MR) is 146 cm³/mol. The number of hydrogen-bond acceptors (Lipinski definition) is 5. The summed E-state index contributed by atoms with van der Waals surface area (Å²) in [4.78, 5) is 17.8. The van der Waals surface area contributed by atoms with E-state index in [1.165, 1.54) is 0 Å². The smallest absolute Gasteiger partial charge is 0.247 e. The van der Waals surface area contributed by atoms with E-state index in [-0.39, 0.29) is 17.4 Å². The monoisotopic (exact) mass is 492 g/mol. The fourth-order valence-corrected chi connectivity index (χ4v) is 3.98. The predicted octanol–water partition coefficient (Wildman–Crippen LogP) is 5.64. The van der Waals surface area contributed by atoms with Gasteiger partial charge >= 0.3 is 0 Å². The molecule has 2 aromatic carbocycles. The van der Waals surface area contributed by atoms with Crippen molar-refractivity contribution in [2.45, 2.75) is 45.2 Å². The van der Waals surface area contributed by atoms with E-state index in [1.807, 2.05) is 83.8 Å². The molecule has 0 aliphatic heterocycles. The maximum atomic E-state index is 13.4. The van der Waals surface area contributed by atoms with Gasteiger partial charge in [0.05, 0.1) is 23.4 Å². The van der Waals surface area contributed by atoms with Crippen LogP contribution in [0, 0.1) is 11.3 Å². The van der Waals surface area contributed by atoms with E-state index in [4.69, 9.17) is 5.26 Å². The highest BCUT2D eigenvalue weighted by Crippen LogP contribution is 2.23. The molecule has 4 aromatic rings. The molecule has 0 saturated heterocycles. The summed E-state index contributed by atoms with van der Waals surface area (Å²) in [6, 6.07) is 22.5. The highest BCUT2D eigenvalue weighted by molar-refractivity contribution is 5.95. The zero-order chi connectivity index (χ0) is 26.4. The topological polar surface area (TPSA) is 95.6 Å². The van der Waals surface area contributed by atoms with Crippen LogP contribution in [0.15, 0.2) is 85.3 Å². The summed E-state index contributed by atoms with van der Waals surface area (Å²) in [6.07, 6.45) is 5.57. The molecule has 0 bridgehead atoms. The molecule has 37 heavy (non-hydrogen) atoms. The normalized spacial score (nSPS) is 12.9. The minimum Gasteiger partial charge on any atom is -0.309 e. The molecule has 0 aliphatic rings. The van der Waals surface area contributed by atoms with Crippen molar-refractivity contribution in [1.29, 1.82) is 5.26 Å². The zero-order valence-corrected chi connectivity index (χ0v) is 21.6. The Labute approximate surface area is 218 Å². The van der Waals surface area contributed by atoms with Crippen molar-refractivity contribution in [3.8, 4) is 17.2 Å². The third kappa shape index (κ3) is 6.49. The minimum absolute atomic E-state index is 0.101. The summed E-state index contributed by atoms with van der Waals surface area (Å²) >= 11 is 0. The summed E-state index contributed by atoms with van der Waals surface area (Å²) < 4.78 is 1.92. The minimum atomic E-state index is -0.548. The number of hydrogen-bond donors (Lipinski definition) is 2. The SMILES string of the molecule is C[C@H](CN[C@@H](C(=O)Nc1ccc(-c2cnn(C(C)(C)C)c2)cn1)c1ccccc1)c1ccc(C#N)cc1. The first-order valence-electron chi connectivity index (χ1n) is 12.4. The molecule has 2 heterocycles. The molecule has 0 fully saturated rings. The Hall–Kier alpha value is -4.28. The van der Waals surface area contributed by atoms with Gasteiger partial charge < -0.3 is 10.6 Å². The number of nitrogens with one attached hydrogen (secondary N) is 2. The summed E-state index contributed by atoms with van der Waals surface area (Å²) in [5.41, 5.74) is 4.41. The second-order valence-electron chi connectivity index (χ2n) is 10.2. The number of anilines is 1. The van der Waals surface area contributed by atoms with E-state index < -0.39 is 6.04 Å². The van der Waals surface area contributed by atoms with Gasteiger partial charge in [-0.3, -0.25) is 9.48 Å². The molecule has 2 aromatic heterocycles. The van der Waals surface area contributed by atoms with E-state index >= 15 is 0 Å². The number of nitrogens with zero attached hydrogens (tertiary/aromatic N) is 4. The first kappa shape index (κ1) is 25.8. The van der Waals surface area contributed by atoms with Crippen LogP contribution < -0.4 is 10.6 Å². The van der Waals surface area contributed by atoms with Gasteiger partial charge in [0.2, 0.25) is 5.91 Å². The number of amides is 1. The lowest BCUT2D eigenvalue weighted by molar-refractivity contribution is -0.118. The van der Waals surface area contributed by atoms with Crippen LogP contribution in [0.4, 0.5) is 5.82 Å². The molecule has 0 unspecified atom stereocenters. The fourth-order valence-electron chi connectivity index (χ4n) is 3.98. The van der Waals surface area contributed by atoms with Crippen LogP contribution in [0.1, 0.15) is 56.3 Å². The highest BCUT2D eigenvalue weighted by Gasteiger charge is 2.22. The quantitative estimate of drug-likeness (QED) is 0.332. The molecule has 0 saturated carbocycles. The lowest BCUT2D eigenvalue weighted by Gasteiger charge is -2.21. The zero-order valence-electron chi connectivity index (χ0n) is 21.6. The van der Waals surface area contributed by atoms with Gasteiger partial charge in [-0.1, -0.05) is 49.4 Å². The van der Waals surface area contributed by atoms with Crippen LogP contribution in [0.5, 0.6) is 0 Å². The molecular formula is C30H32N6O. The van der Waals surface area contributed by atoms with Crippen molar-refractivity contribution in [2.75, 3.05) is 11.9 Å². The van der Waals surface area contributed by atoms with Gasteiger partial charge in [-0.2, -0.15) is 10.4 Å². The van der Waals surface area contributed by atoms with Crippen molar-refractivity contribution in [3.63, 3.8) is 0 Å². The van der Waals surface area contributed by atoms with E-state index in [0.717, 1.165) is 22.3 Å². The first-order chi connectivity index (χ1) is 17.7. The van der Waals surface area contributed by atoms with Crippen LogP contribution in [0.25, 0.3) is 11.1 Å². The standard InChI is InChI=1S/C30H32N6O/c1-21(23-12-10-22(16-31)11-13-23)17-33-28(24-8-6-5-7-9-24)29(37)35-27-15-14-25(18-32-27)26-19-34-36(20-26)30(2,3)4/h5-15,18-21,28,33H,17H2,1-4H3,(H,32,35,37)/t21-,28-/m1/s1. The molecule has 0 spiro atoms. The van der Waals surface area contributed by atoms with Gasteiger partial charge in [0.25, 0.3) is 0 Å². The Balaban J connectivity index is 1.45. The molecule has 2 N–H and O–H groups in total. The Bertz CT molecular complexity index is 1360. The summed E-state index contributed by atoms with van der Waals surface area (Å²) in [7, 11) is 0. The second-order valence-corrected chi connectivity index (χ2v) is 10.2. The average molecular weight is 493 g/mol. The van der Waals surface area contributed by atoms with Crippen LogP contribution in [0.3, 0.4) is 0 Å². The number of pyridine rings is 1. The van der Waals surface area contributed by atoms with Crippen molar-refractivity contribution >= 4 is 11.7 Å². The molecule has 7 nitrogen and oxygen atoms in total. The van der Waals surface area contributed by atoms with E-state index in [2.05, 4.69) is 54.5 Å². The van der Waals surface area contributed by atoms with Gasteiger partial charge in [0.15, 0.2) is 0 Å². The van der Waals surface area contributed by atoms with E-state index in [1.54, 1.807) is 6.20 Å². The Morgan fingerprint density at radius 3 is 2.30 bits per heavy atom. The van der Waals surface area contributed by atoms with E-state index in [0.29, 0.717) is 17.9 Å². The molecular weight excluding hydrogens is 460 g/mol. The van der Waals surface area contributed by atoms with Crippen LogP contribution in [-0.4, -0.2) is 27.2 Å². The first-order valence-corrected chi connectivity index (χ1v) is 12.4. The molecule has 2 atom stereocenters. The Kier molecular flexibility index (Phi) is 7.80. The number of benzene rings is 2. The van der Waals surface area contributed by atoms with Gasteiger partial charge in [0, 0.05) is 30.1 Å². The molecule has 0 radical (unpaired) electrons. The maximum Gasteiger partial charge on any atom is 0.247 e. The van der Waals surface area contributed by atoms with Crippen LogP contribution in [-0.2, 0) is 10.3 Å². The van der Waals surface area contributed by atoms with Crippen molar-refractivity contribution in [3.05, 3.63) is 102 Å². The van der Waals surface area contributed by atoms with Crippen molar-refractivity contribution in [2.24, 2.45) is 0 Å². The number of aromatic nitrogens is 3. The summed E-state index contributed by atoms with van der Waals surface area (Å²) in [5, 5.41) is 19.9. The summed E-state index contributed by atoms with van der Waals surface area (Å²) in [5.74, 6) is 0.456. The number of carbonyl (C=O) groups is 1. The molecule has 7 heteroatoms. The lowest BCUT2D eigenvalue weighted by atomic mass is 9.98. The number of carbonyl (C=O) groups excluding carboxylic acids is 1. The third-order valence-corrected chi connectivity index (χ3v) is 6.25. The molecule has 1 amide bonds. The van der Waals surface area contributed by atoms with Gasteiger partial charge in [-0.15, -0.1) is 0 Å². The molecule has 0 aliphatic carbocycles. The average Bonchev–Trinajstić information content (AvgIpc) is 3.41. The third-order valence-electron chi connectivity index (χ3n) is 6.25.